The zero-order valence-electron chi connectivity index (χ0n) is 19.9. The quantitative estimate of drug-likeness (QED) is 0.471. The van der Waals surface area contributed by atoms with Crippen LogP contribution in [0.2, 0.25) is 0 Å². The Morgan fingerprint density at radius 3 is 1.97 bits per heavy atom. The molecule has 4 rings (SSSR count). The van der Waals surface area contributed by atoms with Crippen LogP contribution in [0.25, 0.3) is 0 Å². The maximum Gasteiger partial charge on any atom is 0.287 e. The summed E-state index contributed by atoms with van der Waals surface area (Å²) in [5, 5.41) is 0. The molecule has 8 heteroatoms. The average Bonchev–Trinajstić information content (AvgIpc) is 3.15. The van der Waals surface area contributed by atoms with E-state index in [1.165, 1.54) is 11.4 Å². The molecule has 7 nitrogen and oxygen atoms in total. The van der Waals surface area contributed by atoms with Gasteiger partial charge in [-0.05, 0) is 52.3 Å². The van der Waals surface area contributed by atoms with Gasteiger partial charge in [0.1, 0.15) is 6.54 Å². The molecule has 0 bridgehead atoms. The topological polar surface area (TPSA) is 42.9 Å². The van der Waals surface area contributed by atoms with Crippen molar-refractivity contribution in [2.75, 3.05) is 72.0 Å². The van der Waals surface area contributed by atoms with E-state index in [1.54, 1.807) is 0 Å². The van der Waals surface area contributed by atoms with Gasteiger partial charge in [0, 0.05) is 52.4 Å². The standard InChI is InChI=1S/C23H42N6OP/c1-4-29(5-2,6-3)21-23-11-7-10-22(24-23)20-25-12-8-13-27-18-19-28-15-9-14-26(17-16-25)31(27,28)30/h7,10-11H,4-6,8-9,12-21H2,1-3H3/q+1. The lowest BCUT2D eigenvalue weighted by molar-refractivity contribution is -0.936. The highest BCUT2D eigenvalue weighted by molar-refractivity contribution is 7.56. The van der Waals surface area contributed by atoms with Gasteiger partial charge in [0.15, 0.2) is 0 Å². The molecule has 31 heavy (non-hydrogen) atoms. The van der Waals surface area contributed by atoms with Crippen molar-refractivity contribution in [2.45, 2.75) is 46.7 Å². The van der Waals surface area contributed by atoms with Gasteiger partial charge in [0.2, 0.25) is 0 Å². The summed E-state index contributed by atoms with van der Waals surface area (Å²) in [7, 11) is -2.48. The maximum atomic E-state index is 13.9. The fourth-order valence-electron chi connectivity index (χ4n) is 5.61. The lowest BCUT2D eigenvalue weighted by Crippen LogP contribution is -2.46. The molecule has 3 saturated heterocycles. The van der Waals surface area contributed by atoms with Crippen molar-refractivity contribution in [3.8, 4) is 0 Å². The van der Waals surface area contributed by atoms with Gasteiger partial charge in [-0.15, -0.1) is 0 Å². The van der Waals surface area contributed by atoms with Gasteiger partial charge in [-0.1, -0.05) is 6.07 Å². The highest BCUT2D eigenvalue weighted by atomic mass is 31.2. The van der Waals surface area contributed by atoms with Gasteiger partial charge in [-0.3, -0.25) is 14.4 Å². The average molecular weight is 450 g/mol. The summed E-state index contributed by atoms with van der Waals surface area (Å²) in [5.74, 6) is 0. The number of nitrogens with zero attached hydrogens (tertiary/aromatic N) is 6. The van der Waals surface area contributed by atoms with Crippen LogP contribution in [0.4, 0.5) is 0 Å². The number of pyridine rings is 1. The largest absolute Gasteiger partial charge is 0.319 e. The fraction of sp³-hybridized carbons (Fsp3) is 0.783. The predicted molar refractivity (Wildman–Crippen MR) is 127 cm³/mol. The van der Waals surface area contributed by atoms with Gasteiger partial charge in [0.25, 0.3) is 7.59 Å². The van der Waals surface area contributed by atoms with Crippen LogP contribution in [0.1, 0.15) is 45.0 Å². The van der Waals surface area contributed by atoms with Crippen LogP contribution in [-0.4, -0.2) is 100 Å². The third-order valence-electron chi connectivity index (χ3n) is 7.88. The van der Waals surface area contributed by atoms with Crippen LogP contribution in [0.15, 0.2) is 18.2 Å². The van der Waals surface area contributed by atoms with E-state index in [-0.39, 0.29) is 0 Å². The molecule has 1 aromatic heterocycles. The van der Waals surface area contributed by atoms with Gasteiger partial charge >= 0.3 is 0 Å². The minimum atomic E-state index is -2.48. The van der Waals surface area contributed by atoms with Crippen LogP contribution >= 0.6 is 7.59 Å². The summed E-state index contributed by atoms with van der Waals surface area (Å²) in [6.07, 6.45) is 2.21. The molecule has 0 aliphatic carbocycles. The number of quaternary nitrogens is 1. The van der Waals surface area contributed by atoms with Gasteiger partial charge in [-0.25, -0.2) is 14.0 Å². The molecule has 174 valence electrons. The molecule has 0 radical (unpaired) electrons. The van der Waals surface area contributed by atoms with E-state index in [4.69, 9.17) is 4.98 Å². The summed E-state index contributed by atoms with van der Waals surface area (Å²) in [6, 6.07) is 6.55. The number of aromatic nitrogens is 1. The summed E-state index contributed by atoms with van der Waals surface area (Å²) >= 11 is 0. The highest BCUT2D eigenvalue weighted by Crippen LogP contribution is 2.61. The fourth-order valence-corrected chi connectivity index (χ4v) is 8.94. The molecule has 1 unspecified atom stereocenters. The van der Waals surface area contributed by atoms with Crippen LogP contribution in [0.3, 0.4) is 0 Å². The number of hydrogen-bond acceptors (Lipinski definition) is 3. The van der Waals surface area contributed by atoms with E-state index >= 15 is 0 Å². The normalized spacial score (nSPS) is 26.9. The molecule has 0 aromatic carbocycles. The molecule has 1 atom stereocenters. The second-order valence-electron chi connectivity index (χ2n) is 9.43. The number of rotatable bonds is 7. The summed E-state index contributed by atoms with van der Waals surface area (Å²) < 4.78 is 21.9. The van der Waals surface area contributed by atoms with Crippen molar-refractivity contribution in [1.82, 2.24) is 23.9 Å². The Kier molecular flexibility index (Phi) is 7.52. The van der Waals surface area contributed by atoms with Gasteiger partial charge in [-0.2, -0.15) is 0 Å². The maximum absolute atomic E-state index is 13.9. The molecule has 3 aliphatic rings. The van der Waals surface area contributed by atoms with E-state index in [0.29, 0.717) is 0 Å². The first-order valence-electron chi connectivity index (χ1n) is 12.4. The molecular weight excluding hydrogens is 407 g/mol. The van der Waals surface area contributed by atoms with Crippen molar-refractivity contribution in [2.24, 2.45) is 0 Å². The SMILES string of the molecule is CC[N+](CC)(CC)Cc1cccc(CN2CCCN3CCN4CCCN(CC2)P34=O)n1. The van der Waals surface area contributed by atoms with Crippen molar-refractivity contribution in [3.05, 3.63) is 29.6 Å². The molecule has 0 amide bonds. The monoisotopic (exact) mass is 449 g/mol. The Morgan fingerprint density at radius 1 is 0.806 bits per heavy atom. The van der Waals surface area contributed by atoms with Crippen molar-refractivity contribution in [3.63, 3.8) is 0 Å². The van der Waals surface area contributed by atoms with Crippen molar-refractivity contribution < 1.29 is 9.05 Å². The van der Waals surface area contributed by atoms with E-state index in [2.05, 4.69) is 57.9 Å². The first-order valence-corrected chi connectivity index (χ1v) is 14.0. The van der Waals surface area contributed by atoms with Crippen molar-refractivity contribution in [1.29, 1.82) is 0 Å². The Labute approximate surface area is 189 Å². The highest BCUT2D eigenvalue weighted by Gasteiger charge is 2.49. The first-order chi connectivity index (χ1) is 15.0. The van der Waals surface area contributed by atoms with Crippen molar-refractivity contribution >= 4 is 7.59 Å². The Bertz CT molecular complexity index is 777. The molecule has 0 saturated carbocycles. The Hall–Kier alpha value is -0.820. The minimum absolute atomic E-state index is 0.889. The summed E-state index contributed by atoms with van der Waals surface area (Å²) in [4.78, 5) is 7.59. The number of hydrogen-bond donors (Lipinski definition) is 0. The first kappa shape index (κ1) is 23.3. The molecule has 0 N–H and O–H groups in total. The van der Waals surface area contributed by atoms with Gasteiger partial charge in [0.05, 0.1) is 31.0 Å². The van der Waals surface area contributed by atoms with E-state index in [9.17, 15) is 4.57 Å². The lowest BCUT2D eigenvalue weighted by Gasteiger charge is -2.42. The Morgan fingerprint density at radius 2 is 1.35 bits per heavy atom. The summed E-state index contributed by atoms with van der Waals surface area (Å²) in [6.45, 7) is 20.0. The minimum Gasteiger partial charge on any atom is -0.319 e. The van der Waals surface area contributed by atoms with Crippen LogP contribution < -0.4 is 0 Å². The van der Waals surface area contributed by atoms with E-state index in [1.807, 2.05) is 0 Å². The van der Waals surface area contributed by atoms with E-state index in [0.717, 1.165) is 102 Å². The lowest BCUT2D eigenvalue weighted by atomic mass is 10.2. The molecule has 1 aromatic rings. The predicted octanol–water partition coefficient (Wildman–Crippen LogP) is 3.10. The van der Waals surface area contributed by atoms with Gasteiger partial charge < -0.3 is 4.48 Å². The second kappa shape index (κ2) is 9.98. The Balaban J connectivity index is 1.44. The second-order valence-corrected chi connectivity index (χ2v) is 12.1. The molecule has 4 heterocycles. The van der Waals surface area contributed by atoms with Crippen LogP contribution in [0, 0.1) is 0 Å². The smallest absolute Gasteiger partial charge is 0.287 e. The zero-order valence-corrected chi connectivity index (χ0v) is 20.8. The summed E-state index contributed by atoms with van der Waals surface area (Å²) in [5.41, 5.74) is 2.38. The molecular formula is C23H42N6OP+. The zero-order chi connectivity index (χ0) is 21.9. The van der Waals surface area contributed by atoms with Crippen LogP contribution in [0.5, 0.6) is 0 Å². The van der Waals surface area contributed by atoms with Crippen LogP contribution in [-0.2, 0) is 17.7 Å². The molecule has 3 aliphatic heterocycles. The molecule has 0 spiro atoms. The van der Waals surface area contributed by atoms with E-state index < -0.39 is 7.59 Å². The third kappa shape index (κ3) is 4.78. The molecule has 3 fully saturated rings. The third-order valence-corrected chi connectivity index (χ3v) is 11.3.